The van der Waals surface area contributed by atoms with Gasteiger partial charge in [-0.1, -0.05) is 17.7 Å². The van der Waals surface area contributed by atoms with Gasteiger partial charge in [0, 0.05) is 47.2 Å². The van der Waals surface area contributed by atoms with E-state index in [0.717, 1.165) is 33.6 Å². The number of nitriles is 1. The second-order valence-electron chi connectivity index (χ2n) is 8.76. The molecule has 4 rings (SSSR count). The fraction of sp³-hybridized carbons (Fsp3) is 0.179. The number of allylic oxidation sites excluding steroid dienone is 1. The highest BCUT2D eigenvalue weighted by Crippen LogP contribution is 2.28. The number of nitrogens with zero attached hydrogens (tertiary/aromatic N) is 5. The average Bonchev–Trinajstić information content (AvgIpc) is 3.21. The van der Waals surface area contributed by atoms with Crippen molar-refractivity contribution in [3.05, 3.63) is 87.0 Å². The van der Waals surface area contributed by atoms with Crippen LogP contribution >= 0.6 is 11.6 Å². The first kappa shape index (κ1) is 25.6. The number of aliphatic imine (C=N–C) groups is 1. The number of amides is 1. The van der Waals surface area contributed by atoms with Crippen LogP contribution in [-0.2, 0) is 13.1 Å². The van der Waals surface area contributed by atoms with E-state index in [4.69, 9.17) is 17.3 Å². The maximum Gasteiger partial charge on any atom is 0.253 e. The molecule has 0 bridgehead atoms. The molecule has 0 fully saturated rings. The minimum Gasteiger partial charge on any atom is -0.384 e. The number of pyridine rings is 2. The molecule has 37 heavy (non-hydrogen) atoms. The van der Waals surface area contributed by atoms with Crippen molar-refractivity contribution in [2.24, 2.45) is 4.99 Å². The summed E-state index contributed by atoms with van der Waals surface area (Å²) in [5, 5.41) is 13.9. The molecule has 0 aliphatic heterocycles. The number of hydrogen-bond acceptors (Lipinski definition) is 6. The molecule has 0 saturated carbocycles. The molecule has 186 valence electrons. The highest BCUT2D eigenvalue weighted by atomic mass is 35.5. The summed E-state index contributed by atoms with van der Waals surface area (Å²) in [6.45, 7) is 9.94. The maximum absolute atomic E-state index is 13.4. The zero-order chi connectivity index (χ0) is 26.7. The summed E-state index contributed by atoms with van der Waals surface area (Å²) >= 11 is 6.10. The van der Waals surface area contributed by atoms with Gasteiger partial charge in [0.15, 0.2) is 0 Å². The lowest BCUT2D eigenvalue weighted by molar-refractivity contribution is 0.0952. The zero-order valence-electron chi connectivity index (χ0n) is 20.8. The molecule has 0 aliphatic carbocycles. The van der Waals surface area contributed by atoms with E-state index in [1.54, 1.807) is 25.4 Å². The van der Waals surface area contributed by atoms with Crippen LogP contribution in [0.5, 0.6) is 0 Å². The summed E-state index contributed by atoms with van der Waals surface area (Å²) in [5.74, 6) is 0.144. The zero-order valence-corrected chi connectivity index (χ0v) is 21.6. The Morgan fingerprint density at radius 1 is 1.32 bits per heavy atom. The molecule has 3 heterocycles. The molecule has 8 nitrogen and oxygen atoms in total. The Kier molecular flexibility index (Phi) is 7.37. The Labute approximate surface area is 220 Å². The second kappa shape index (κ2) is 10.6. The molecular weight excluding hydrogens is 486 g/mol. The van der Waals surface area contributed by atoms with E-state index in [9.17, 15) is 10.1 Å². The number of nitrogen functional groups attached to an aromatic ring is 1. The van der Waals surface area contributed by atoms with Crippen LogP contribution in [0, 0.1) is 25.2 Å². The number of nitrogens with two attached hydrogens (primary N) is 1. The fourth-order valence-corrected chi connectivity index (χ4v) is 4.54. The van der Waals surface area contributed by atoms with Gasteiger partial charge in [0.1, 0.15) is 11.9 Å². The third-order valence-corrected chi connectivity index (χ3v) is 6.23. The molecule has 3 aromatic heterocycles. The van der Waals surface area contributed by atoms with Gasteiger partial charge in [0.2, 0.25) is 0 Å². The summed E-state index contributed by atoms with van der Waals surface area (Å²) in [7, 11) is 0. The third-order valence-electron chi connectivity index (χ3n) is 6.12. The predicted octanol–water partition coefficient (Wildman–Crippen LogP) is 5.41. The SMILES string of the molecule is C=Nc1ccc(Cn2cc(C(=O)NCc3c(C)cc(N)nc3C)c3c(C#N)cncc32)cc1/C=C(\C)Cl. The van der Waals surface area contributed by atoms with Crippen LogP contribution in [-0.4, -0.2) is 27.2 Å². The third kappa shape index (κ3) is 5.37. The molecular formula is C28H26ClN7O. The normalized spacial score (nSPS) is 11.4. The maximum atomic E-state index is 13.4. The minimum atomic E-state index is -0.297. The van der Waals surface area contributed by atoms with E-state index in [1.807, 2.05) is 42.7 Å². The van der Waals surface area contributed by atoms with Crippen LogP contribution in [0.3, 0.4) is 0 Å². The van der Waals surface area contributed by atoms with Gasteiger partial charge in [-0.25, -0.2) is 4.98 Å². The van der Waals surface area contributed by atoms with Gasteiger partial charge in [-0.3, -0.25) is 14.8 Å². The molecule has 0 atom stereocenters. The lowest BCUT2D eigenvalue weighted by Gasteiger charge is -2.11. The number of aryl methyl sites for hydroxylation is 2. The van der Waals surface area contributed by atoms with E-state index < -0.39 is 0 Å². The Balaban J connectivity index is 1.72. The Bertz CT molecular complexity index is 1580. The molecule has 3 N–H and O–H groups in total. The number of carbonyl (C=O) groups is 1. The van der Waals surface area contributed by atoms with Crippen LogP contribution in [0.4, 0.5) is 11.5 Å². The number of anilines is 1. The van der Waals surface area contributed by atoms with Crippen LogP contribution in [0.15, 0.2) is 52.9 Å². The van der Waals surface area contributed by atoms with Gasteiger partial charge in [0.25, 0.3) is 5.91 Å². The number of nitrogens with one attached hydrogen (secondary N) is 1. The molecule has 0 aliphatic rings. The summed E-state index contributed by atoms with van der Waals surface area (Å²) in [5.41, 5.74) is 12.4. The first-order valence-electron chi connectivity index (χ1n) is 11.5. The van der Waals surface area contributed by atoms with Gasteiger partial charge < -0.3 is 15.6 Å². The summed E-state index contributed by atoms with van der Waals surface area (Å²) in [6.07, 6.45) is 6.71. The van der Waals surface area contributed by atoms with Gasteiger partial charge in [-0.2, -0.15) is 5.26 Å². The number of rotatable bonds is 7. The summed E-state index contributed by atoms with van der Waals surface area (Å²) < 4.78 is 1.91. The number of carbonyl (C=O) groups excluding carboxylic acids is 1. The lowest BCUT2D eigenvalue weighted by Crippen LogP contribution is -2.24. The number of hydrogen-bond donors (Lipinski definition) is 2. The number of fused-ring (bicyclic) bond motifs is 1. The minimum absolute atomic E-state index is 0.285. The van der Waals surface area contributed by atoms with E-state index in [2.05, 4.69) is 33.1 Å². The number of halogens is 1. The molecule has 1 amide bonds. The fourth-order valence-electron chi connectivity index (χ4n) is 4.42. The van der Waals surface area contributed by atoms with Crippen molar-refractivity contribution in [3.8, 4) is 6.07 Å². The van der Waals surface area contributed by atoms with Gasteiger partial charge in [-0.15, -0.1) is 0 Å². The first-order valence-corrected chi connectivity index (χ1v) is 11.9. The summed E-state index contributed by atoms with van der Waals surface area (Å²) in [6, 6.07) is 9.73. The molecule has 9 heteroatoms. The standard InChI is InChI=1S/C28H26ClN7O/c1-16-7-26(31)35-18(3)22(16)12-34-28(37)23-15-36(25-13-33-11-21(10-30)27(23)25)14-19-5-6-24(32-4)20(9-19)8-17(2)29/h5-9,11,13,15H,4,12,14H2,1-3H3,(H2,31,35)(H,34,37)/b17-8+. The van der Waals surface area contributed by atoms with E-state index in [0.29, 0.717) is 39.4 Å². The highest BCUT2D eigenvalue weighted by Gasteiger charge is 2.19. The quantitative estimate of drug-likeness (QED) is 0.321. The van der Waals surface area contributed by atoms with Crippen LogP contribution < -0.4 is 11.1 Å². The lowest BCUT2D eigenvalue weighted by atomic mass is 10.1. The molecule has 0 saturated heterocycles. The number of benzene rings is 1. The van der Waals surface area contributed by atoms with Crippen molar-refractivity contribution in [3.63, 3.8) is 0 Å². The van der Waals surface area contributed by atoms with Crippen LogP contribution in [0.2, 0.25) is 0 Å². The second-order valence-corrected chi connectivity index (χ2v) is 9.35. The van der Waals surface area contributed by atoms with Crippen molar-refractivity contribution in [2.75, 3.05) is 5.73 Å². The van der Waals surface area contributed by atoms with E-state index in [-0.39, 0.29) is 12.5 Å². The monoisotopic (exact) mass is 511 g/mol. The highest BCUT2D eigenvalue weighted by molar-refractivity contribution is 6.31. The topological polar surface area (TPSA) is 122 Å². The number of aromatic nitrogens is 3. The average molecular weight is 512 g/mol. The Morgan fingerprint density at radius 2 is 2.11 bits per heavy atom. The molecule has 1 aromatic carbocycles. The van der Waals surface area contributed by atoms with Crippen LogP contribution in [0.1, 0.15) is 50.8 Å². The van der Waals surface area contributed by atoms with E-state index in [1.165, 1.54) is 6.20 Å². The van der Waals surface area contributed by atoms with E-state index >= 15 is 0 Å². The van der Waals surface area contributed by atoms with Crippen molar-refractivity contribution < 1.29 is 4.79 Å². The van der Waals surface area contributed by atoms with Crippen molar-refractivity contribution in [2.45, 2.75) is 33.9 Å². The smallest absolute Gasteiger partial charge is 0.253 e. The Morgan fingerprint density at radius 3 is 2.78 bits per heavy atom. The molecule has 0 radical (unpaired) electrons. The predicted molar refractivity (Wildman–Crippen MR) is 148 cm³/mol. The van der Waals surface area contributed by atoms with Gasteiger partial charge in [0.05, 0.1) is 28.5 Å². The van der Waals surface area contributed by atoms with Crippen LogP contribution in [0.25, 0.3) is 17.0 Å². The van der Waals surface area contributed by atoms with Crippen molar-refractivity contribution >= 4 is 52.7 Å². The van der Waals surface area contributed by atoms with Gasteiger partial charge >= 0.3 is 0 Å². The Hall–Kier alpha value is -4.48. The van der Waals surface area contributed by atoms with Gasteiger partial charge in [-0.05, 0) is 68.5 Å². The first-order chi connectivity index (χ1) is 17.7. The molecule has 0 unspecified atom stereocenters. The molecule has 0 spiro atoms. The molecule has 4 aromatic rings. The largest absolute Gasteiger partial charge is 0.384 e. The van der Waals surface area contributed by atoms with Crippen molar-refractivity contribution in [1.29, 1.82) is 5.26 Å². The van der Waals surface area contributed by atoms with Crippen molar-refractivity contribution in [1.82, 2.24) is 19.9 Å². The summed E-state index contributed by atoms with van der Waals surface area (Å²) in [4.78, 5) is 26.0.